The largest absolute Gasteiger partial charge is 0.506 e. The lowest BCUT2D eigenvalue weighted by Gasteiger charge is -2.12. The average molecular weight is 491 g/mol. The summed E-state index contributed by atoms with van der Waals surface area (Å²) in [6.45, 7) is 0. The molecule has 0 radical (unpaired) electrons. The van der Waals surface area contributed by atoms with E-state index in [9.17, 15) is 23.4 Å². The molecular weight excluding hydrogens is 468 g/mol. The van der Waals surface area contributed by atoms with Gasteiger partial charge < -0.3 is 15.5 Å². The first-order valence-corrected chi connectivity index (χ1v) is 11.9. The lowest BCUT2D eigenvalue weighted by atomic mass is 10.0. The van der Waals surface area contributed by atoms with Crippen LogP contribution in [0.3, 0.4) is 0 Å². The van der Waals surface area contributed by atoms with E-state index in [2.05, 4.69) is 15.5 Å². The number of hydrogen-bond acceptors (Lipinski definition) is 7. The number of nitrogens with one attached hydrogen (secondary N) is 1. The number of amides is 1. The number of phenolic OH excluding ortho intramolecular Hbond substituents is 2. The van der Waals surface area contributed by atoms with Crippen LogP contribution in [-0.4, -0.2) is 42.9 Å². The first kappa shape index (κ1) is 23.9. The van der Waals surface area contributed by atoms with Crippen LogP contribution in [0.5, 0.6) is 11.5 Å². The van der Waals surface area contributed by atoms with Crippen LogP contribution in [0.15, 0.2) is 94.0 Å². The van der Waals surface area contributed by atoms with E-state index in [-0.39, 0.29) is 27.6 Å². The number of para-hydroxylation sites is 1. The summed E-state index contributed by atoms with van der Waals surface area (Å²) in [4.78, 5) is 12.8. The van der Waals surface area contributed by atoms with Gasteiger partial charge in [0.25, 0.3) is 5.91 Å². The second kappa shape index (κ2) is 9.53. The molecule has 0 aromatic heterocycles. The van der Waals surface area contributed by atoms with Crippen molar-refractivity contribution < 1.29 is 23.4 Å². The van der Waals surface area contributed by atoms with Crippen molar-refractivity contribution in [3.63, 3.8) is 0 Å². The normalized spacial score (nSPS) is 11.9. The highest BCUT2D eigenvalue weighted by molar-refractivity contribution is 7.89. The lowest BCUT2D eigenvalue weighted by molar-refractivity contribution is 0.102. The van der Waals surface area contributed by atoms with Crippen LogP contribution in [0.1, 0.15) is 10.4 Å². The minimum atomic E-state index is -3.77. The van der Waals surface area contributed by atoms with Crippen molar-refractivity contribution >= 4 is 43.8 Å². The molecule has 0 aliphatic carbocycles. The van der Waals surface area contributed by atoms with Crippen LogP contribution in [0, 0.1) is 0 Å². The molecule has 0 aliphatic heterocycles. The molecule has 0 saturated carbocycles. The van der Waals surface area contributed by atoms with Gasteiger partial charge in [-0.3, -0.25) is 4.79 Å². The summed E-state index contributed by atoms with van der Waals surface area (Å²) in [6, 6.07) is 21.0. The first-order valence-electron chi connectivity index (χ1n) is 10.5. The molecule has 0 heterocycles. The van der Waals surface area contributed by atoms with Gasteiger partial charge >= 0.3 is 0 Å². The summed E-state index contributed by atoms with van der Waals surface area (Å²) in [6.07, 6.45) is 0. The van der Waals surface area contributed by atoms with E-state index in [1.807, 2.05) is 6.07 Å². The van der Waals surface area contributed by atoms with Gasteiger partial charge in [-0.25, -0.2) is 12.7 Å². The standard InChI is InChI=1S/C25H22N4O5S/c1-29(2)35(33,34)18-12-13-22(30)21(15-18)27-28-23-19-11-7-6-8-16(19)14-20(24(23)31)25(32)26-17-9-4-3-5-10-17/h3-15,30-31H,1-2H3,(H,26,32). The van der Waals surface area contributed by atoms with Crippen LogP contribution in [0.2, 0.25) is 0 Å². The molecule has 0 saturated heterocycles. The van der Waals surface area contributed by atoms with Gasteiger partial charge in [0.1, 0.15) is 17.1 Å². The van der Waals surface area contributed by atoms with Gasteiger partial charge in [-0.2, -0.15) is 0 Å². The number of benzene rings is 4. The number of carbonyl (C=O) groups excluding carboxylic acids is 1. The Bertz CT molecular complexity index is 1550. The number of fused-ring (bicyclic) bond motifs is 1. The van der Waals surface area contributed by atoms with Crippen molar-refractivity contribution in [1.82, 2.24) is 4.31 Å². The van der Waals surface area contributed by atoms with Crippen molar-refractivity contribution in [2.45, 2.75) is 4.90 Å². The fraction of sp³-hybridized carbons (Fsp3) is 0.0800. The molecule has 0 unspecified atom stereocenters. The Morgan fingerprint density at radius 2 is 1.57 bits per heavy atom. The summed E-state index contributed by atoms with van der Waals surface area (Å²) < 4.78 is 25.9. The zero-order valence-corrected chi connectivity index (χ0v) is 19.7. The van der Waals surface area contributed by atoms with Crippen LogP contribution in [-0.2, 0) is 10.0 Å². The zero-order valence-electron chi connectivity index (χ0n) is 18.9. The third-order valence-corrected chi connectivity index (χ3v) is 7.07. The second-order valence-corrected chi connectivity index (χ2v) is 9.95. The van der Waals surface area contributed by atoms with Crippen molar-refractivity contribution in [2.24, 2.45) is 10.2 Å². The molecule has 0 bridgehead atoms. The maximum absolute atomic E-state index is 12.9. The maximum Gasteiger partial charge on any atom is 0.259 e. The SMILES string of the molecule is CN(C)S(=O)(=O)c1ccc(O)c(N=Nc2c(O)c(C(=O)Nc3ccccc3)cc3ccccc23)c1. The van der Waals surface area contributed by atoms with Crippen molar-refractivity contribution in [1.29, 1.82) is 0 Å². The van der Waals surface area contributed by atoms with Gasteiger partial charge in [-0.15, -0.1) is 10.2 Å². The second-order valence-electron chi connectivity index (χ2n) is 7.80. The third-order valence-electron chi connectivity index (χ3n) is 5.25. The van der Waals surface area contributed by atoms with Gasteiger partial charge in [-0.1, -0.05) is 42.5 Å². The minimum Gasteiger partial charge on any atom is -0.506 e. The minimum absolute atomic E-state index is 0.00146. The number of aromatic hydroxyl groups is 2. The molecular formula is C25H22N4O5S. The van der Waals surface area contributed by atoms with E-state index in [1.165, 1.54) is 32.3 Å². The molecule has 1 amide bonds. The number of azo groups is 1. The number of phenols is 2. The average Bonchev–Trinajstić information content (AvgIpc) is 2.84. The summed E-state index contributed by atoms with van der Waals surface area (Å²) in [5.41, 5.74) is 0.420. The van der Waals surface area contributed by atoms with E-state index in [1.54, 1.807) is 54.6 Å². The van der Waals surface area contributed by atoms with Crippen LogP contribution < -0.4 is 5.32 Å². The first-order chi connectivity index (χ1) is 16.7. The number of anilines is 1. The van der Waals surface area contributed by atoms with E-state index >= 15 is 0 Å². The molecule has 4 aromatic carbocycles. The Balaban J connectivity index is 1.80. The lowest BCUT2D eigenvalue weighted by Crippen LogP contribution is -2.22. The fourth-order valence-corrected chi connectivity index (χ4v) is 4.29. The summed E-state index contributed by atoms with van der Waals surface area (Å²) in [7, 11) is -0.995. The summed E-state index contributed by atoms with van der Waals surface area (Å²) in [5.74, 6) is -1.25. The molecule has 0 spiro atoms. The third kappa shape index (κ3) is 4.84. The Hall–Kier alpha value is -4.28. The van der Waals surface area contributed by atoms with Crippen LogP contribution in [0.4, 0.5) is 17.1 Å². The summed E-state index contributed by atoms with van der Waals surface area (Å²) >= 11 is 0. The summed E-state index contributed by atoms with van der Waals surface area (Å²) in [5, 5.41) is 33.2. The van der Waals surface area contributed by atoms with E-state index in [0.717, 1.165) is 4.31 Å². The predicted molar refractivity (Wildman–Crippen MR) is 133 cm³/mol. The predicted octanol–water partition coefficient (Wildman–Crippen LogP) is 5.17. The van der Waals surface area contributed by atoms with Crippen LogP contribution >= 0.6 is 0 Å². The molecule has 0 fully saturated rings. The molecule has 4 rings (SSSR count). The van der Waals surface area contributed by atoms with E-state index in [0.29, 0.717) is 16.5 Å². The highest BCUT2D eigenvalue weighted by Gasteiger charge is 2.20. The molecule has 9 nitrogen and oxygen atoms in total. The number of sulfonamides is 1. The molecule has 0 aliphatic rings. The molecule has 0 atom stereocenters. The van der Waals surface area contributed by atoms with Gasteiger partial charge in [0.15, 0.2) is 5.75 Å². The monoisotopic (exact) mass is 490 g/mol. The number of carbonyl (C=O) groups is 1. The van der Waals surface area contributed by atoms with Gasteiger partial charge in [0.05, 0.1) is 10.5 Å². The Kier molecular flexibility index (Phi) is 6.50. The molecule has 3 N–H and O–H groups in total. The Labute approximate surface area is 202 Å². The molecule has 4 aromatic rings. The molecule has 10 heteroatoms. The van der Waals surface area contributed by atoms with Gasteiger partial charge in [0.2, 0.25) is 10.0 Å². The fourth-order valence-electron chi connectivity index (χ4n) is 3.37. The number of hydrogen-bond donors (Lipinski definition) is 3. The van der Waals surface area contributed by atoms with Gasteiger partial charge in [-0.05, 0) is 41.8 Å². The van der Waals surface area contributed by atoms with E-state index in [4.69, 9.17) is 0 Å². The quantitative estimate of drug-likeness (QED) is 0.321. The van der Waals surface area contributed by atoms with Crippen molar-refractivity contribution in [3.05, 3.63) is 84.4 Å². The number of nitrogens with zero attached hydrogens (tertiary/aromatic N) is 3. The van der Waals surface area contributed by atoms with E-state index < -0.39 is 21.7 Å². The molecule has 35 heavy (non-hydrogen) atoms. The molecule has 178 valence electrons. The highest BCUT2D eigenvalue weighted by atomic mass is 32.2. The smallest absolute Gasteiger partial charge is 0.259 e. The highest BCUT2D eigenvalue weighted by Crippen LogP contribution is 2.40. The van der Waals surface area contributed by atoms with Crippen molar-refractivity contribution in [2.75, 3.05) is 19.4 Å². The topological polar surface area (TPSA) is 132 Å². The van der Waals surface area contributed by atoms with Gasteiger partial charge in [0, 0.05) is 25.2 Å². The Morgan fingerprint density at radius 3 is 2.29 bits per heavy atom. The zero-order chi connectivity index (χ0) is 25.2. The Morgan fingerprint density at radius 1 is 0.886 bits per heavy atom. The number of rotatable bonds is 6. The maximum atomic E-state index is 12.9. The van der Waals surface area contributed by atoms with Crippen LogP contribution in [0.25, 0.3) is 10.8 Å². The van der Waals surface area contributed by atoms with Crippen molar-refractivity contribution in [3.8, 4) is 11.5 Å².